The van der Waals surface area contributed by atoms with Crippen LogP contribution in [0.15, 0.2) is 91.0 Å². The molecule has 3 aromatic rings. The fourth-order valence-electron chi connectivity index (χ4n) is 4.23. The van der Waals surface area contributed by atoms with E-state index in [0.717, 1.165) is 16.7 Å². The molecule has 1 fully saturated rings. The van der Waals surface area contributed by atoms with Crippen LogP contribution < -0.4 is 0 Å². The molecule has 4 nitrogen and oxygen atoms in total. The number of rotatable bonds is 10. The average Bonchev–Trinajstić information content (AvgIpc) is 2.89. The highest BCUT2D eigenvalue weighted by atomic mass is 16.6. The van der Waals surface area contributed by atoms with E-state index in [0.29, 0.717) is 26.4 Å². The molecule has 1 aliphatic rings. The highest BCUT2D eigenvalue weighted by molar-refractivity contribution is 5.16. The van der Waals surface area contributed by atoms with Crippen LogP contribution in [-0.4, -0.2) is 31.0 Å². The summed E-state index contributed by atoms with van der Waals surface area (Å²) >= 11 is 0. The van der Waals surface area contributed by atoms with Crippen LogP contribution in [0, 0.1) is 18.3 Å². The van der Waals surface area contributed by atoms with E-state index in [1.807, 2.05) is 66.7 Å². The van der Waals surface area contributed by atoms with Gasteiger partial charge < -0.3 is 18.9 Å². The lowest BCUT2D eigenvalue weighted by atomic mass is 9.88. The number of hydrogen-bond donors (Lipinski definition) is 0. The zero-order chi connectivity index (χ0) is 23.6. The Morgan fingerprint density at radius 2 is 1.18 bits per heavy atom. The Bertz CT molecular complexity index is 1020. The van der Waals surface area contributed by atoms with Crippen LogP contribution in [-0.2, 0) is 38.8 Å². The van der Waals surface area contributed by atoms with E-state index in [1.54, 1.807) is 0 Å². The lowest BCUT2D eigenvalue weighted by Gasteiger charge is -2.44. The molecule has 0 aromatic heterocycles. The van der Waals surface area contributed by atoms with Crippen molar-refractivity contribution < 1.29 is 18.9 Å². The first-order chi connectivity index (χ1) is 16.7. The highest BCUT2D eigenvalue weighted by Gasteiger charge is 2.44. The Hall–Kier alpha value is -2.94. The van der Waals surface area contributed by atoms with E-state index in [2.05, 4.69) is 37.1 Å². The minimum atomic E-state index is -0.522. The summed E-state index contributed by atoms with van der Waals surface area (Å²) in [5.74, 6) is 2.83. The van der Waals surface area contributed by atoms with Crippen molar-refractivity contribution in [3.8, 4) is 12.3 Å². The Morgan fingerprint density at radius 1 is 0.706 bits per heavy atom. The van der Waals surface area contributed by atoms with Gasteiger partial charge in [-0.3, -0.25) is 0 Å². The summed E-state index contributed by atoms with van der Waals surface area (Å²) in [5, 5.41) is 0. The van der Waals surface area contributed by atoms with Crippen LogP contribution in [0.3, 0.4) is 0 Å². The van der Waals surface area contributed by atoms with Crippen molar-refractivity contribution in [2.24, 2.45) is 5.92 Å². The summed E-state index contributed by atoms with van der Waals surface area (Å²) in [4.78, 5) is 0. The van der Waals surface area contributed by atoms with Gasteiger partial charge in [0.15, 0.2) is 0 Å². The minimum Gasteiger partial charge on any atom is -0.374 e. The van der Waals surface area contributed by atoms with Gasteiger partial charge in [-0.1, -0.05) is 104 Å². The third kappa shape index (κ3) is 6.56. The molecule has 1 saturated heterocycles. The normalized spacial score (nSPS) is 24.4. The van der Waals surface area contributed by atoms with Gasteiger partial charge in [0.2, 0.25) is 0 Å². The maximum absolute atomic E-state index is 6.45. The van der Waals surface area contributed by atoms with Crippen molar-refractivity contribution in [1.29, 1.82) is 0 Å². The van der Waals surface area contributed by atoms with Crippen LogP contribution >= 0.6 is 0 Å². The first-order valence-corrected chi connectivity index (χ1v) is 11.8. The van der Waals surface area contributed by atoms with Crippen molar-refractivity contribution in [1.82, 2.24) is 0 Å². The standard InChI is InChI=1S/C30H32O4/c1-3-27-30(33-21-26-17-11-6-12-18-26)29(32-20-25-15-9-5-10-16-25)23(2)28(34-27)22-31-19-24-13-7-4-8-14-24/h1,4-18,23,27-30H,19-22H2,2H3/t23-,27-,28-,29+,30+/m1/s1. The number of terminal acetylenes is 1. The summed E-state index contributed by atoms with van der Waals surface area (Å²) in [5.41, 5.74) is 3.32. The largest absolute Gasteiger partial charge is 0.374 e. The molecule has 34 heavy (non-hydrogen) atoms. The van der Waals surface area contributed by atoms with Gasteiger partial charge in [0.1, 0.15) is 12.2 Å². The zero-order valence-electron chi connectivity index (χ0n) is 19.6. The maximum Gasteiger partial charge on any atom is 0.147 e. The summed E-state index contributed by atoms with van der Waals surface area (Å²) in [6.45, 7) is 4.01. The van der Waals surface area contributed by atoms with Crippen molar-refractivity contribution >= 4 is 0 Å². The smallest absolute Gasteiger partial charge is 0.147 e. The SMILES string of the molecule is C#C[C@H]1O[C@H](COCc2ccccc2)[C@@H](C)[C@H](OCc2ccccc2)[C@H]1OCc1ccccc1. The third-order valence-corrected chi connectivity index (χ3v) is 6.18. The number of hydrogen-bond acceptors (Lipinski definition) is 4. The van der Waals surface area contributed by atoms with Gasteiger partial charge in [-0.25, -0.2) is 0 Å². The average molecular weight is 457 g/mol. The molecule has 0 unspecified atom stereocenters. The quantitative estimate of drug-likeness (QED) is 0.382. The molecule has 0 radical (unpaired) electrons. The molecule has 0 spiro atoms. The fourth-order valence-corrected chi connectivity index (χ4v) is 4.23. The van der Waals surface area contributed by atoms with Gasteiger partial charge in [-0.05, 0) is 16.7 Å². The summed E-state index contributed by atoms with van der Waals surface area (Å²) in [6, 6.07) is 30.3. The molecule has 176 valence electrons. The highest BCUT2D eigenvalue weighted by Crippen LogP contribution is 2.32. The van der Waals surface area contributed by atoms with E-state index in [1.165, 1.54) is 0 Å². The lowest BCUT2D eigenvalue weighted by molar-refractivity contribution is -0.226. The van der Waals surface area contributed by atoms with Crippen LogP contribution in [0.25, 0.3) is 0 Å². The van der Waals surface area contributed by atoms with Crippen LogP contribution in [0.5, 0.6) is 0 Å². The van der Waals surface area contributed by atoms with E-state index < -0.39 is 6.10 Å². The molecular formula is C30H32O4. The summed E-state index contributed by atoms with van der Waals surface area (Å²) in [7, 11) is 0. The molecule has 1 aliphatic heterocycles. The molecule has 1 heterocycles. The molecule has 5 atom stereocenters. The van der Waals surface area contributed by atoms with Gasteiger partial charge in [-0.15, -0.1) is 6.42 Å². The third-order valence-electron chi connectivity index (χ3n) is 6.18. The second-order valence-corrected chi connectivity index (χ2v) is 8.64. The maximum atomic E-state index is 6.45. The Balaban J connectivity index is 1.45. The number of benzene rings is 3. The first-order valence-electron chi connectivity index (χ1n) is 11.8. The Kier molecular flexibility index (Phi) is 8.90. The van der Waals surface area contributed by atoms with Gasteiger partial charge in [0.05, 0.1) is 38.6 Å². The predicted octanol–water partition coefficient (Wildman–Crippen LogP) is 5.41. The fraction of sp³-hybridized carbons (Fsp3) is 0.333. The number of ether oxygens (including phenoxy) is 4. The molecule has 0 N–H and O–H groups in total. The van der Waals surface area contributed by atoms with E-state index in [4.69, 9.17) is 25.4 Å². The van der Waals surface area contributed by atoms with Crippen molar-refractivity contribution in [3.63, 3.8) is 0 Å². The van der Waals surface area contributed by atoms with E-state index in [9.17, 15) is 0 Å². The second-order valence-electron chi connectivity index (χ2n) is 8.64. The van der Waals surface area contributed by atoms with Crippen LogP contribution in [0.4, 0.5) is 0 Å². The van der Waals surface area contributed by atoms with Gasteiger partial charge in [0.25, 0.3) is 0 Å². The Morgan fingerprint density at radius 3 is 1.68 bits per heavy atom. The molecule has 0 saturated carbocycles. The van der Waals surface area contributed by atoms with Crippen molar-refractivity contribution in [2.75, 3.05) is 6.61 Å². The summed E-state index contributed by atoms with van der Waals surface area (Å²) < 4.78 is 25.1. The van der Waals surface area contributed by atoms with Gasteiger partial charge in [0, 0.05) is 5.92 Å². The first kappa shape index (κ1) is 24.2. The topological polar surface area (TPSA) is 36.9 Å². The van der Waals surface area contributed by atoms with Crippen molar-refractivity contribution in [2.45, 2.75) is 51.2 Å². The molecule has 3 aromatic carbocycles. The van der Waals surface area contributed by atoms with Gasteiger partial charge in [-0.2, -0.15) is 0 Å². The summed E-state index contributed by atoms with van der Waals surface area (Å²) in [6.07, 6.45) is 4.58. The lowest BCUT2D eigenvalue weighted by Crippen LogP contribution is -2.56. The molecule has 4 heteroatoms. The van der Waals surface area contributed by atoms with E-state index >= 15 is 0 Å². The Labute approximate surface area is 202 Å². The molecule has 0 aliphatic carbocycles. The minimum absolute atomic E-state index is 0.0323. The second kappa shape index (κ2) is 12.5. The predicted molar refractivity (Wildman–Crippen MR) is 133 cm³/mol. The van der Waals surface area contributed by atoms with Crippen LogP contribution in [0.1, 0.15) is 23.6 Å². The molecule has 4 rings (SSSR count). The molecule has 0 amide bonds. The molecule has 0 bridgehead atoms. The zero-order valence-corrected chi connectivity index (χ0v) is 19.6. The van der Waals surface area contributed by atoms with Crippen molar-refractivity contribution in [3.05, 3.63) is 108 Å². The van der Waals surface area contributed by atoms with E-state index in [-0.39, 0.29) is 24.2 Å². The monoisotopic (exact) mass is 456 g/mol. The molecular weight excluding hydrogens is 424 g/mol. The van der Waals surface area contributed by atoms with Crippen LogP contribution in [0.2, 0.25) is 0 Å². The van der Waals surface area contributed by atoms with Gasteiger partial charge >= 0.3 is 0 Å².